The van der Waals surface area contributed by atoms with E-state index in [-0.39, 0.29) is 20.9 Å². The molecule has 0 bridgehead atoms. The second kappa shape index (κ2) is 9.52. The summed E-state index contributed by atoms with van der Waals surface area (Å²) in [5.41, 5.74) is -0.605. The number of alkyl halides is 3. The number of hydrogen-bond donors (Lipinski definition) is 2. The zero-order valence-electron chi connectivity index (χ0n) is 18.4. The number of ether oxygens (including phenoxy) is 1. The molecule has 0 unspecified atom stereocenters. The summed E-state index contributed by atoms with van der Waals surface area (Å²) in [4.78, 5) is 23.2. The largest absolute Gasteiger partial charge is 0.471 e. The van der Waals surface area contributed by atoms with Crippen molar-refractivity contribution in [3.8, 4) is 0 Å². The average molecular weight is 487 g/mol. The van der Waals surface area contributed by atoms with Crippen LogP contribution in [0.3, 0.4) is 0 Å². The highest BCUT2D eigenvalue weighted by Crippen LogP contribution is 2.28. The third-order valence-electron chi connectivity index (χ3n) is 4.43. The van der Waals surface area contributed by atoms with Gasteiger partial charge in [0.15, 0.2) is 0 Å². The molecule has 0 aliphatic carbocycles. The van der Waals surface area contributed by atoms with Crippen LogP contribution in [0, 0.1) is 0 Å². The Kier molecular flexibility index (Phi) is 7.60. The number of sulfone groups is 1. The molecule has 180 valence electrons. The lowest BCUT2D eigenvalue weighted by molar-refractivity contribution is -0.174. The quantitative estimate of drug-likeness (QED) is 0.602. The first kappa shape index (κ1) is 26.3. The van der Waals surface area contributed by atoms with E-state index in [1.807, 2.05) is 0 Å². The van der Waals surface area contributed by atoms with Gasteiger partial charge in [0, 0.05) is 0 Å². The minimum atomic E-state index is -5.05. The molecule has 7 nitrogen and oxygen atoms in total. The number of rotatable bonds is 6. The Balaban J connectivity index is 2.42. The molecule has 0 fully saturated rings. The molecule has 2 aromatic carbocycles. The van der Waals surface area contributed by atoms with E-state index in [0.29, 0.717) is 5.56 Å². The monoisotopic (exact) mass is 487 g/mol. The summed E-state index contributed by atoms with van der Waals surface area (Å²) in [6.07, 6.45) is -5.05. The summed E-state index contributed by atoms with van der Waals surface area (Å²) in [5, 5.41) is 11.2. The second-order valence-electron chi connectivity index (χ2n) is 8.26. The Bertz CT molecular complexity index is 1140. The summed E-state index contributed by atoms with van der Waals surface area (Å²) in [5.74, 6) is -3.01. The number of esters is 1. The maximum atomic E-state index is 13.2. The third kappa shape index (κ3) is 6.55. The van der Waals surface area contributed by atoms with Gasteiger partial charge >= 0.3 is 18.1 Å². The van der Waals surface area contributed by atoms with Crippen LogP contribution in [0.4, 0.5) is 13.2 Å². The first-order valence-corrected chi connectivity index (χ1v) is 11.2. The fourth-order valence-electron chi connectivity index (χ4n) is 2.83. The van der Waals surface area contributed by atoms with E-state index in [4.69, 9.17) is 4.74 Å². The highest BCUT2D eigenvalue weighted by atomic mass is 32.2. The van der Waals surface area contributed by atoms with Crippen molar-refractivity contribution in [2.75, 3.05) is 0 Å². The van der Waals surface area contributed by atoms with Gasteiger partial charge in [0.25, 0.3) is 0 Å². The molecular formula is C22H24F3NO6S. The van der Waals surface area contributed by atoms with Gasteiger partial charge in [0.1, 0.15) is 5.60 Å². The van der Waals surface area contributed by atoms with Crippen LogP contribution in [0.25, 0.3) is 0 Å². The van der Waals surface area contributed by atoms with Crippen LogP contribution in [0.2, 0.25) is 0 Å². The normalized spacial score (nSPS) is 13.3. The van der Waals surface area contributed by atoms with Crippen molar-refractivity contribution in [3.63, 3.8) is 0 Å². The van der Waals surface area contributed by atoms with Crippen LogP contribution < -0.4 is 5.32 Å². The van der Waals surface area contributed by atoms with Crippen molar-refractivity contribution < 1.29 is 41.0 Å². The predicted molar refractivity (Wildman–Crippen MR) is 112 cm³/mol. The SMILES string of the molecule is C[C@H](NC(=O)C(F)(F)F)c1ccc(S(=O)(=O)c2ccc(CO)cc2C(=O)OC(C)(C)C)cc1. The Morgan fingerprint density at radius 1 is 1.06 bits per heavy atom. The standard InChI is InChI=1S/C22H24F3NO6S/c1-13(26-20(29)22(23,24)25)15-6-8-16(9-7-15)33(30,31)18-10-5-14(12-27)11-17(18)19(28)32-21(2,3)4/h5-11,13,27H,12H2,1-4H3,(H,26,29)/t13-/m0/s1. The molecule has 33 heavy (non-hydrogen) atoms. The van der Waals surface area contributed by atoms with Crippen LogP contribution in [-0.4, -0.2) is 37.2 Å². The van der Waals surface area contributed by atoms with Gasteiger partial charge in [-0.15, -0.1) is 0 Å². The molecule has 1 amide bonds. The summed E-state index contributed by atoms with van der Waals surface area (Å²) in [6, 6.07) is 7.60. The van der Waals surface area contributed by atoms with Crippen molar-refractivity contribution in [1.82, 2.24) is 5.32 Å². The predicted octanol–water partition coefficient (Wildman–Crippen LogP) is 3.71. The number of halogens is 3. The number of benzene rings is 2. The van der Waals surface area contributed by atoms with Crippen molar-refractivity contribution in [3.05, 3.63) is 59.2 Å². The van der Waals surface area contributed by atoms with Gasteiger partial charge in [-0.25, -0.2) is 13.2 Å². The van der Waals surface area contributed by atoms with E-state index in [0.717, 1.165) is 0 Å². The lowest BCUT2D eigenvalue weighted by Crippen LogP contribution is -2.38. The van der Waals surface area contributed by atoms with Gasteiger partial charge in [0.05, 0.1) is 28.0 Å². The van der Waals surface area contributed by atoms with Gasteiger partial charge in [-0.05, 0) is 63.1 Å². The minimum Gasteiger partial charge on any atom is -0.456 e. The molecule has 2 rings (SSSR count). The molecule has 0 heterocycles. The Morgan fingerprint density at radius 2 is 1.64 bits per heavy atom. The van der Waals surface area contributed by atoms with Gasteiger partial charge in [-0.1, -0.05) is 18.2 Å². The number of aliphatic hydroxyl groups excluding tert-OH is 1. The number of aliphatic hydroxyl groups is 1. The molecule has 2 aromatic rings. The number of carbonyl (C=O) groups excluding carboxylic acids is 2. The van der Waals surface area contributed by atoms with Crippen molar-refractivity contribution in [2.24, 2.45) is 0 Å². The van der Waals surface area contributed by atoms with Gasteiger partial charge in [0.2, 0.25) is 9.84 Å². The Hall–Kier alpha value is -2.92. The number of carbonyl (C=O) groups is 2. The average Bonchev–Trinajstić information content (AvgIpc) is 2.71. The summed E-state index contributed by atoms with van der Waals surface area (Å²) in [7, 11) is -4.23. The summed E-state index contributed by atoms with van der Waals surface area (Å²) in [6.45, 7) is 5.75. The fraction of sp³-hybridized carbons (Fsp3) is 0.364. The molecule has 0 radical (unpaired) electrons. The number of hydrogen-bond acceptors (Lipinski definition) is 6. The van der Waals surface area contributed by atoms with Crippen molar-refractivity contribution >= 4 is 21.7 Å². The highest BCUT2D eigenvalue weighted by molar-refractivity contribution is 7.91. The minimum absolute atomic E-state index is 0.220. The topological polar surface area (TPSA) is 110 Å². The van der Waals surface area contributed by atoms with Crippen LogP contribution in [0.5, 0.6) is 0 Å². The van der Waals surface area contributed by atoms with Crippen LogP contribution in [-0.2, 0) is 26.0 Å². The van der Waals surface area contributed by atoms with Crippen molar-refractivity contribution in [1.29, 1.82) is 0 Å². The molecule has 0 saturated carbocycles. The maximum Gasteiger partial charge on any atom is 0.471 e. The van der Waals surface area contributed by atoms with E-state index in [1.165, 1.54) is 49.4 Å². The Labute approximate surface area is 189 Å². The van der Waals surface area contributed by atoms with Gasteiger partial charge in [-0.2, -0.15) is 13.2 Å². The lowest BCUT2D eigenvalue weighted by Gasteiger charge is -2.21. The summed E-state index contributed by atoms with van der Waals surface area (Å²) < 4.78 is 69.1. The Morgan fingerprint density at radius 3 is 2.12 bits per heavy atom. The third-order valence-corrected chi connectivity index (χ3v) is 6.26. The summed E-state index contributed by atoms with van der Waals surface area (Å²) >= 11 is 0. The molecular weight excluding hydrogens is 463 g/mol. The molecule has 2 N–H and O–H groups in total. The molecule has 0 aliphatic rings. The second-order valence-corrected chi connectivity index (χ2v) is 10.2. The lowest BCUT2D eigenvalue weighted by atomic mass is 10.1. The zero-order chi connectivity index (χ0) is 25.2. The number of nitrogens with one attached hydrogen (secondary N) is 1. The first-order chi connectivity index (χ1) is 15.1. The van der Waals surface area contributed by atoms with Crippen LogP contribution in [0.1, 0.15) is 55.2 Å². The van der Waals surface area contributed by atoms with E-state index in [1.54, 1.807) is 26.1 Å². The fourth-order valence-corrected chi connectivity index (χ4v) is 4.25. The van der Waals surface area contributed by atoms with E-state index >= 15 is 0 Å². The maximum absolute atomic E-state index is 13.2. The highest BCUT2D eigenvalue weighted by Gasteiger charge is 2.39. The molecule has 0 aliphatic heterocycles. The van der Waals surface area contributed by atoms with Crippen LogP contribution >= 0.6 is 0 Å². The smallest absolute Gasteiger partial charge is 0.456 e. The van der Waals surface area contributed by atoms with E-state index in [9.17, 15) is 36.3 Å². The van der Waals surface area contributed by atoms with Crippen molar-refractivity contribution in [2.45, 2.75) is 61.9 Å². The van der Waals surface area contributed by atoms with Gasteiger partial charge < -0.3 is 15.2 Å². The van der Waals surface area contributed by atoms with E-state index in [2.05, 4.69) is 0 Å². The first-order valence-electron chi connectivity index (χ1n) is 9.76. The molecule has 0 saturated heterocycles. The zero-order valence-corrected chi connectivity index (χ0v) is 19.2. The molecule has 1 atom stereocenters. The molecule has 0 aromatic heterocycles. The molecule has 11 heteroatoms. The van der Waals surface area contributed by atoms with E-state index < -0.39 is 46.1 Å². The van der Waals surface area contributed by atoms with Crippen LogP contribution in [0.15, 0.2) is 52.3 Å². The number of amides is 1. The molecule has 0 spiro atoms. The van der Waals surface area contributed by atoms with Gasteiger partial charge in [-0.3, -0.25) is 4.79 Å².